The summed E-state index contributed by atoms with van der Waals surface area (Å²) >= 11 is 0. The second-order valence-electron chi connectivity index (χ2n) is 6.72. The molecule has 138 valence electrons. The predicted octanol–water partition coefficient (Wildman–Crippen LogP) is 3.52. The maximum absolute atomic E-state index is 12.6. The molecule has 2 aromatic rings. The van der Waals surface area contributed by atoms with Gasteiger partial charge < -0.3 is 19.5 Å². The monoisotopic (exact) mass is 355 g/mol. The summed E-state index contributed by atoms with van der Waals surface area (Å²) in [5, 5.41) is 3.15. The number of fused-ring (bicyclic) bond motifs is 1. The van der Waals surface area contributed by atoms with Crippen molar-refractivity contribution in [3.05, 3.63) is 53.6 Å². The first-order valence-electron chi connectivity index (χ1n) is 8.88. The van der Waals surface area contributed by atoms with Crippen LogP contribution in [0.2, 0.25) is 0 Å². The summed E-state index contributed by atoms with van der Waals surface area (Å²) in [5.74, 6) is 2.47. The smallest absolute Gasteiger partial charge is 0.224 e. The molecule has 1 atom stereocenters. The van der Waals surface area contributed by atoms with E-state index in [9.17, 15) is 4.79 Å². The van der Waals surface area contributed by atoms with Gasteiger partial charge in [0, 0.05) is 0 Å². The van der Waals surface area contributed by atoms with Gasteiger partial charge in [-0.3, -0.25) is 4.79 Å². The van der Waals surface area contributed by atoms with Gasteiger partial charge in [0.2, 0.25) is 5.91 Å². The van der Waals surface area contributed by atoms with Crippen LogP contribution in [0.15, 0.2) is 42.5 Å². The molecule has 1 amide bonds. The Kier molecular flexibility index (Phi) is 5.66. The largest absolute Gasteiger partial charge is 0.497 e. The Morgan fingerprint density at radius 1 is 1.12 bits per heavy atom. The Morgan fingerprint density at radius 2 is 1.88 bits per heavy atom. The second-order valence-corrected chi connectivity index (χ2v) is 6.72. The maximum Gasteiger partial charge on any atom is 0.224 e. The van der Waals surface area contributed by atoms with Gasteiger partial charge in [-0.2, -0.15) is 0 Å². The molecule has 5 heteroatoms. The number of ether oxygens (including phenoxy) is 3. The van der Waals surface area contributed by atoms with E-state index in [1.165, 1.54) is 0 Å². The van der Waals surface area contributed by atoms with Crippen molar-refractivity contribution in [1.82, 2.24) is 5.32 Å². The first kappa shape index (κ1) is 18.1. The molecule has 1 unspecified atom stereocenters. The SMILES string of the molecule is COc1cccc(CC(=O)NC(c2ccc3c(c2)OCCO3)C(C)C)c1. The van der Waals surface area contributed by atoms with Crippen molar-refractivity contribution in [3.63, 3.8) is 0 Å². The number of carbonyl (C=O) groups excluding carboxylic acids is 1. The Labute approximate surface area is 154 Å². The molecule has 3 rings (SSSR count). The van der Waals surface area contributed by atoms with E-state index >= 15 is 0 Å². The fraction of sp³-hybridized carbons (Fsp3) is 0.381. The molecule has 5 nitrogen and oxygen atoms in total. The molecule has 0 saturated carbocycles. The molecule has 26 heavy (non-hydrogen) atoms. The topological polar surface area (TPSA) is 56.8 Å². The number of methoxy groups -OCH3 is 1. The van der Waals surface area contributed by atoms with Crippen molar-refractivity contribution < 1.29 is 19.0 Å². The minimum Gasteiger partial charge on any atom is -0.497 e. The molecule has 0 fully saturated rings. The van der Waals surface area contributed by atoms with Gasteiger partial charge in [-0.1, -0.05) is 32.0 Å². The van der Waals surface area contributed by atoms with Gasteiger partial charge in [-0.15, -0.1) is 0 Å². The predicted molar refractivity (Wildman–Crippen MR) is 99.9 cm³/mol. The molecule has 0 saturated heterocycles. The highest BCUT2D eigenvalue weighted by molar-refractivity contribution is 5.79. The number of hydrogen-bond acceptors (Lipinski definition) is 4. The molecule has 1 aliphatic heterocycles. The molecule has 0 radical (unpaired) electrons. The van der Waals surface area contributed by atoms with Crippen LogP contribution in [0, 0.1) is 5.92 Å². The molecule has 0 aliphatic carbocycles. The zero-order chi connectivity index (χ0) is 18.5. The van der Waals surface area contributed by atoms with E-state index in [2.05, 4.69) is 19.2 Å². The zero-order valence-electron chi connectivity index (χ0n) is 15.5. The summed E-state index contributed by atoms with van der Waals surface area (Å²) in [6.07, 6.45) is 0.310. The molecule has 1 heterocycles. The Hall–Kier alpha value is -2.69. The third kappa shape index (κ3) is 4.28. The highest BCUT2D eigenvalue weighted by Crippen LogP contribution is 2.34. The van der Waals surface area contributed by atoms with Gasteiger partial charge >= 0.3 is 0 Å². The third-order valence-electron chi connectivity index (χ3n) is 4.41. The number of carbonyl (C=O) groups is 1. The maximum atomic E-state index is 12.6. The van der Waals surface area contributed by atoms with Crippen LogP contribution in [0.1, 0.15) is 31.0 Å². The minimum atomic E-state index is -0.0936. The zero-order valence-corrected chi connectivity index (χ0v) is 15.5. The number of amides is 1. The molecule has 0 spiro atoms. The van der Waals surface area contributed by atoms with E-state index < -0.39 is 0 Å². The first-order valence-corrected chi connectivity index (χ1v) is 8.88. The highest BCUT2D eigenvalue weighted by Gasteiger charge is 2.21. The van der Waals surface area contributed by atoms with E-state index in [4.69, 9.17) is 14.2 Å². The average Bonchev–Trinajstić information content (AvgIpc) is 2.65. The molecule has 0 aromatic heterocycles. The van der Waals surface area contributed by atoms with Crippen molar-refractivity contribution in [2.75, 3.05) is 20.3 Å². The summed E-state index contributed by atoms with van der Waals surface area (Å²) in [4.78, 5) is 12.6. The van der Waals surface area contributed by atoms with Crippen LogP contribution in [-0.4, -0.2) is 26.2 Å². The van der Waals surface area contributed by atoms with Crippen LogP contribution in [0.5, 0.6) is 17.2 Å². The Bertz CT molecular complexity index is 772. The van der Waals surface area contributed by atoms with E-state index in [1.807, 2.05) is 42.5 Å². The normalized spacial score (nSPS) is 14.0. The molecular weight excluding hydrogens is 330 g/mol. The van der Waals surface area contributed by atoms with Crippen molar-refractivity contribution in [2.45, 2.75) is 26.3 Å². The highest BCUT2D eigenvalue weighted by atomic mass is 16.6. The second kappa shape index (κ2) is 8.13. The number of benzene rings is 2. The van der Waals surface area contributed by atoms with Crippen LogP contribution in [0.25, 0.3) is 0 Å². The number of rotatable bonds is 6. The lowest BCUT2D eigenvalue weighted by atomic mass is 9.95. The lowest BCUT2D eigenvalue weighted by Crippen LogP contribution is -2.33. The van der Waals surface area contributed by atoms with Gasteiger partial charge in [0.25, 0.3) is 0 Å². The van der Waals surface area contributed by atoms with E-state index in [0.717, 1.165) is 28.4 Å². The first-order chi connectivity index (χ1) is 12.6. The van der Waals surface area contributed by atoms with Crippen LogP contribution in [0.4, 0.5) is 0 Å². The summed E-state index contributed by atoms with van der Waals surface area (Å²) in [5.41, 5.74) is 1.94. The van der Waals surface area contributed by atoms with Crippen LogP contribution in [-0.2, 0) is 11.2 Å². The van der Waals surface area contributed by atoms with Crippen molar-refractivity contribution in [2.24, 2.45) is 5.92 Å². The molecule has 0 bridgehead atoms. The fourth-order valence-corrected chi connectivity index (χ4v) is 3.08. The average molecular weight is 355 g/mol. The van der Waals surface area contributed by atoms with Gasteiger partial charge in [-0.25, -0.2) is 0 Å². The Morgan fingerprint density at radius 3 is 2.62 bits per heavy atom. The molecule has 1 N–H and O–H groups in total. The van der Waals surface area contributed by atoms with Gasteiger partial charge in [-0.05, 0) is 41.3 Å². The van der Waals surface area contributed by atoms with E-state index in [-0.39, 0.29) is 17.9 Å². The van der Waals surface area contributed by atoms with Crippen LogP contribution >= 0.6 is 0 Å². The third-order valence-corrected chi connectivity index (χ3v) is 4.41. The van der Waals surface area contributed by atoms with Crippen molar-refractivity contribution >= 4 is 5.91 Å². The summed E-state index contributed by atoms with van der Waals surface area (Å²) in [7, 11) is 1.62. The summed E-state index contributed by atoms with van der Waals surface area (Å²) < 4.78 is 16.5. The molecular formula is C21H25NO4. The minimum absolute atomic E-state index is 0.0214. The van der Waals surface area contributed by atoms with E-state index in [0.29, 0.717) is 19.6 Å². The van der Waals surface area contributed by atoms with Gasteiger partial charge in [0.1, 0.15) is 19.0 Å². The summed E-state index contributed by atoms with van der Waals surface area (Å²) in [6, 6.07) is 13.3. The lowest BCUT2D eigenvalue weighted by molar-refractivity contribution is -0.121. The van der Waals surface area contributed by atoms with Crippen LogP contribution < -0.4 is 19.5 Å². The molecule has 1 aliphatic rings. The standard InChI is InChI=1S/C21H25NO4/c1-14(2)21(16-7-8-18-19(13-16)26-10-9-25-18)22-20(23)12-15-5-4-6-17(11-15)24-3/h4-8,11,13-14,21H,9-10,12H2,1-3H3,(H,22,23). The lowest BCUT2D eigenvalue weighted by Gasteiger charge is -2.25. The van der Waals surface area contributed by atoms with Gasteiger partial charge in [0.05, 0.1) is 19.6 Å². The van der Waals surface area contributed by atoms with E-state index in [1.54, 1.807) is 7.11 Å². The van der Waals surface area contributed by atoms with Gasteiger partial charge in [0.15, 0.2) is 11.5 Å². The molecule has 2 aromatic carbocycles. The van der Waals surface area contributed by atoms with Crippen molar-refractivity contribution in [1.29, 1.82) is 0 Å². The number of hydrogen-bond donors (Lipinski definition) is 1. The Balaban J connectivity index is 1.73. The van der Waals surface area contributed by atoms with Crippen molar-refractivity contribution in [3.8, 4) is 17.2 Å². The van der Waals surface area contributed by atoms with Crippen LogP contribution in [0.3, 0.4) is 0 Å². The fourth-order valence-electron chi connectivity index (χ4n) is 3.08. The summed E-state index contributed by atoms with van der Waals surface area (Å²) in [6.45, 7) is 5.29. The number of nitrogens with one attached hydrogen (secondary N) is 1. The quantitative estimate of drug-likeness (QED) is 0.861.